The number of likely N-dealkylation sites (tertiary alicyclic amines) is 1. The van der Waals surface area contributed by atoms with Gasteiger partial charge in [-0.1, -0.05) is 26.0 Å². The predicted octanol–water partition coefficient (Wildman–Crippen LogP) is 2.99. The van der Waals surface area contributed by atoms with Gasteiger partial charge in [0.1, 0.15) is 11.4 Å². The molecule has 0 unspecified atom stereocenters. The molecule has 2 heterocycles. The number of hydrogen-bond acceptors (Lipinski definition) is 5. The number of ether oxygens (including phenoxy) is 1. The summed E-state index contributed by atoms with van der Waals surface area (Å²) in [7, 11) is 4.08. The highest BCUT2D eigenvalue weighted by atomic mass is 16.5. The number of imide groups is 1. The summed E-state index contributed by atoms with van der Waals surface area (Å²) in [4.78, 5) is 32.2. The van der Waals surface area contributed by atoms with E-state index in [0.717, 1.165) is 50.1 Å². The molecule has 6 nitrogen and oxygen atoms in total. The maximum Gasteiger partial charge on any atom is 0.277 e. The van der Waals surface area contributed by atoms with E-state index in [2.05, 4.69) is 23.8 Å². The zero-order valence-electron chi connectivity index (χ0n) is 18.1. The Balaban J connectivity index is 1.94. The molecule has 0 aliphatic carbocycles. The number of piperidine rings is 1. The SMILES string of the molecule is CCCOc1ccc(C2=C(N(C)C3CCN(C)CC3)C(=O)N(CCC)C2=O)cc1. The van der Waals surface area contributed by atoms with Crippen LogP contribution < -0.4 is 4.74 Å². The van der Waals surface area contributed by atoms with Gasteiger partial charge in [-0.2, -0.15) is 0 Å². The van der Waals surface area contributed by atoms with Gasteiger partial charge >= 0.3 is 0 Å². The highest BCUT2D eigenvalue weighted by Crippen LogP contribution is 2.34. The van der Waals surface area contributed by atoms with Crippen LogP contribution in [-0.2, 0) is 9.59 Å². The molecule has 1 fully saturated rings. The molecule has 2 aliphatic rings. The Morgan fingerprint density at radius 3 is 2.28 bits per heavy atom. The van der Waals surface area contributed by atoms with E-state index in [9.17, 15) is 9.59 Å². The monoisotopic (exact) mass is 399 g/mol. The normalized spacial score (nSPS) is 18.7. The molecule has 0 saturated carbocycles. The second-order valence-corrected chi connectivity index (χ2v) is 8.00. The minimum absolute atomic E-state index is 0.167. The first-order chi connectivity index (χ1) is 14.0. The number of nitrogens with zero attached hydrogens (tertiary/aromatic N) is 3. The van der Waals surface area contributed by atoms with Crippen molar-refractivity contribution in [1.29, 1.82) is 0 Å². The fourth-order valence-electron chi connectivity index (χ4n) is 4.08. The third-order valence-corrected chi connectivity index (χ3v) is 5.80. The van der Waals surface area contributed by atoms with E-state index in [0.29, 0.717) is 24.4 Å². The molecule has 0 bridgehead atoms. The fourth-order valence-corrected chi connectivity index (χ4v) is 4.08. The molecule has 1 saturated heterocycles. The number of likely N-dealkylation sites (N-methyl/N-ethyl adjacent to an activating group) is 1. The summed E-state index contributed by atoms with van der Waals surface area (Å²) >= 11 is 0. The van der Waals surface area contributed by atoms with Crippen molar-refractivity contribution in [2.45, 2.75) is 45.6 Å². The summed E-state index contributed by atoms with van der Waals surface area (Å²) in [5.74, 6) is 0.428. The van der Waals surface area contributed by atoms with E-state index in [1.165, 1.54) is 4.90 Å². The van der Waals surface area contributed by atoms with E-state index in [1.807, 2.05) is 38.2 Å². The second kappa shape index (κ2) is 9.44. The van der Waals surface area contributed by atoms with Gasteiger partial charge in [0, 0.05) is 19.6 Å². The highest BCUT2D eigenvalue weighted by Gasteiger charge is 2.41. The topological polar surface area (TPSA) is 53.1 Å². The summed E-state index contributed by atoms with van der Waals surface area (Å²) in [5.41, 5.74) is 1.84. The van der Waals surface area contributed by atoms with Gasteiger partial charge in [-0.15, -0.1) is 0 Å². The number of amides is 2. The van der Waals surface area contributed by atoms with E-state index >= 15 is 0 Å². The molecule has 3 rings (SSSR count). The van der Waals surface area contributed by atoms with Crippen molar-refractivity contribution in [2.75, 3.05) is 40.3 Å². The Kier molecular flexibility index (Phi) is 6.96. The Morgan fingerprint density at radius 1 is 1.03 bits per heavy atom. The van der Waals surface area contributed by atoms with Crippen LogP contribution in [0.2, 0.25) is 0 Å². The van der Waals surface area contributed by atoms with Crippen molar-refractivity contribution in [1.82, 2.24) is 14.7 Å². The van der Waals surface area contributed by atoms with E-state index in [4.69, 9.17) is 4.74 Å². The highest BCUT2D eigenvalue weighted by molar-refractivity contribution is 6.35. The first-order valence-electron chi connectivity index (χ1n) is 10.7. The first kappa shape index (κ1) is 21.4. The van der Waals surface area contributed by atoms with Crippen molar-refractivity contribution < 1.29 is 14.3 Å². The average Bonchev–Trinajstić information content (AvgIpc) is 2.97. The summed E-state index contributed by atoms with van der Waals surface area (Å²) in [6.45, 7) is 7.16. The average molecular weight is 400 g/mol. The maximum absolute atomic E-state index is 13.2. The molecule has 0 atom stereocenters. The Bertz CT molecular complexity index is 764. The molecular formula is C23H33N3O3. The van der Waals surface area contributed by atoms with Crippen molar-refractivity contribution >= 4 is 17.4 Å². The zero-order chi connectivity index (χ0) is 21.0. The van der Waals surface area contributed by atoms with E-state index < -0.39 is 0 Å². The number of carbonyl (C=O) groups is 2. The third-order valence-electron chi connectivity index (χ3n) is 5.80. The summed E-state index contributed by atoms with van der Waals surface area (Å²) in [5, 5.41) is 0. The van der Waals surface area contributed by atoms with Crippen LogP contribution >= 0.6 is 0 Å². The molecule has 158 valence electrons. The van der Waals surface area contributed by atoms with Crippen LogP contribution in [-0.4, -0.2) is 72.9 Å². The lowest BCUT2D eigenvalue weighted by molar-refractivity contribution is -0.137. The zero-order valence-corrected chi connectivity index (χ0v) is 18.1. The van der Waals surface area contributed by atoms with E-state index in [-0.39, 0.29) is 17.9 Å². The minimum Gasteiger partial charge on any atom is -0.494 e. The van der Waals surface area contributed by atoms with Crippen LogP contribution in [0.3, 0.4) is 0 Å². The van der Waals surface area contributed by atoms with Gasteiger partial charge < -0.3 is 14.5 Å². The Labute approximate surface area is 174 Å². The molecule has 0 spiro atoms. The van der Waals surface area contributed by atoms with Crippen molar-refractivity contribution in [3.63, 3.8) is 0 Å². The molecule has 0 N–H and O–H groups in total. The van der Waals surface area contributed by atoms with Crippen LogP contribution in [0.25, 0.3) is 5.57 Å². The Morgan fingerprint density at radius 2 is 1.69 bits per heavy atom. The molecule has 1 aromatic rings. The summed E-state index contributed by atoms with van der Waals surface area (Å²) in [6, 6.07) is 7.81. The van der Waals surface area contributed by atoms with Gasteiger partial charge in [-0.05, 0) is 63.5 Å². The second-order valence-electron chi connectivity index (χ2n) is 8.00. The van der Waals surface area contributed by atoms with Gasteiger partial charge in [-0.25, -0.2) is 0 Å². The summed E-state index contributed by atoms with van der Waals surface area (Å²) < 4.78 is 5.67. The lowest BCUT2D eigenvalue weighted by atomic mass is 10.00. The number of carbonyl (C=O) groups excluding carboxylic acids is 2. The van der Waals surface area contributed by atoms with Crippen molar-refractivity contribution in [3.8, 4) is 5.75 Å². The standard InChI is InChI=1S/C23H33N3O3/c1-5-13-26-22(27)20(17-7-9-19(10-8-17)29-16-6-2)21(23(26)28)25(4)18-11-14-24(3)15-12-18/h7-10,18H,5-6,11-16H2,1-4H3. The lowest BCUT2D eigenvalue weighted by Crippen LogP contribution is -2.43. The molecule has 1 aromatic carbocycles. The van der Waals surface area contributed by atoms with E-state index in [1.54, 1.807) is 0 Å². The van der Waals surface area contributed by atoms with Gasteiger partial charge in [-0.3, -0.25) is 14.5 Å². The van der Waals surface area contributed by atoms with Crippen LogP contribution in [0.4, 0.5) is 0 Å². The van der Waals surface area contributed by atoms with Crippen molar-refractivity contribution in [2.24, 2.45) is 0 Å². The molecule has 0 aromatic heterocycles. The molecule has 0 radical (unpaired) electrons. The maximum atomic E-state index is 13.2. The number of benzene rings is 1. The van der Waals surface area contributed by atoms with Crippen LogP contribution in [0.15, 0.2) is 30.0 Å². The molecule has 2 amide bonds. The van der Waals surface area contributed by atoms with Crippen LogP contribution in [0, 0.1) is 0 Å². The first-order valence-corrected chi connectivity index (χ1v) is 10.7. The minimum atomic E-state index is -0.186. The quantitative estimate of drug-likeness (QED) is 0.629. The van der Waals surface area contributed by atoms with Crippen LogP contribution in [0.5, 0.6) is 5.75 Å². The molecular weight excluding hydrogens is 366 g/mol. The Hall–Kier alpha value is -2.34. The predicted molar refractivity (Wildman–Crippen MR) is 114 cm³/mol. The molecule has 2 aliphatic heterocycles. The van der Waals surface area contributed by atoms with Gasteiger partial charge in [0.05, 0.1) is 12.2 Å². The fraction of sp³-hybridized carbons (Fsp3) is 0.565. The number of rotatable bonds is 8. The largest absolute Gasteiger partial charge is 0.494 e. The lowest BCUT2D eigenvalue weighted by Gasteiger charge is -2.36. The van der Waals surface area contributed by atoms with Crippen molar-refractivity contribution in [3.05, 3.63) is 35.5 Å². The molecule has 6 heteroatoms. The summed E-state index contributed by atoms with van der Waals surface area (Å²) in [6.07, 6.45) is 3.67. The van der Waals surface area contributed by atoms with Gasteiger partial charge in [0.25, 0.3) is 11.8 Å². The van der Waals surface area contributed by atoms with Gasteiger partial charge in [0.15, 0.2) is 0 Å². The third kappa shape index (κ3) is 4.47. The molecule has 29 heavy (non-hydrogen) atoms. The van der Waals surface area contributed by atoms with Crippen LogP contribution in [0.1, 0.15) is 45.1 Å². The van der Waals surface area contributed by atoms with Gasteiger partial charge in [0.2, 0.25) is 0 Å². The smallest absolute Gasteiger partial charge is 0.277 e. The number of hydrogen-bond donors (Lipinski definition) is 0.